The van der Waals surface area contributed by atoms with Crippen molar-refractivity contribution in [1.29, 1.82) is 0 Å². The Hall–Kier alpha value is -2.15. The summed E-state index contributed by atoms with van der Waals surface area (Å²) in [5.74, 6) is 0.127. The third-order valence-electron chi connectivity index (χ3n) is 5.07. The number of para-hydroxylation sites is 1. The van der Waals surface area contributed by atoms with Crippen LogP contribution in [0, 0.1) is 0 Å². The standard InChI is InChI=1S/C19H21BrN4O2/c20-16-6-7-17-15(19(16)26)12-24(21-17)13-18(25)23-10-8-22(9-11-23)14-4-2-1-3-5-14/h1-5,12,16H,6-11,13H2. The highest BCUT2D eigenvalue weighted by Gasteiger charge is 2.29. The molecule has 1 amide bonds. The first-order chi connectivity index (χ1) is 12.6. The van der Waals surface area contributed by atoms with Gasteiger partial charge in [-0.3, -0.25) is 14.3 Å². The zero-order valence-electron chi connectivity index (χ0n) is 14.5. The van der Waals surface area contributed by atoms with Gasteiger partial charge in [0.2, 0.25) is 5.91 Å². The number of hydrogen-bond acceptors (Lipinski definition) is 4. The summed E-state index contributed by atoms with van der Waals surface area (Å²) in [6.45, 7) is 3.26. The van der Waals surface area contributed by atoms with Crippen molar-refractivity contribution in [3.05, 3.63) is 47.8 Å². The molecule has 136 valence electrons. The Morgan fingerprint density at radius 1 is 1.15 bits per heavy atom. The molecule has 6 nitrogen and oxygen atoms in total. The van der Waals surface area contributed by atoms with Crippen LogP contribution < -0.4 is 4.90 Å². The molecule has 0 bridgehead atoms. The van der Waals surface area contributed by atoms with Gasteiger partial charge < -0.3 is 9.80 Å². The van der Waals surface area contributed by atoms with Crippen molar-refractivity contribution in [3.63, 3.8) is 0 Å². The molecule has 0 radical (unpaired) electrons. The Morgan fingerprint density at radius 3 is 2.62 bits per heavy atom. The van der Waals surface area contributed by atoms with Crippen LogP contribution in [0.5, 0.6) is 0 Å². The number of alkyl halides is 1. The largest absolute Gasteiger partial charge is 0.368 e. The average molecular weight is 417 g/mol. The summed E-state index contributed by atoms with van der Waals surface area (Å²) in [5, 5.41) is 4.45. The fourth-order valence-corrected chi connectivity index (χ4v) is 4.06. The third-order valence-corrected chi connectivity index (χ3v) is 5.95. The number of fused-ring (bicyclic) bond motifs is 1. The molecule has 1 atom stereocenters. The number of piperazine rings is 1. The zero-order valence-corrected chi connectivity index (χ0v) is 16.1. The predicted octanol–water partition coefficient (Wildman–Crippen LogP) is 2.12. The average Bonchev–Trinajstić information content (AvgIpc) is 3.09. The van der Waals surface area contributed by atoms with E-state index in [2.05, 4.69) is 38.1 Å². The number of benzene rings is 1. The molecule has 0 N–H and O–H groups in total. The van der Waals surface area contributed by atoms with Crippen LogP contribution in [0.3, 0.4) is 0 Å². The van der Waals surface area contributed by atoms with Crippen LogP contribution in [0.25, 0.3) is 0 Å². The Kier molecular flexibility index (Phi) is 4.80. The lowest BCUT2D eigenvalue weighted by molar-refractivity contribution is -0.132. The molecule has 1 aromatic carbocycles. The molecule has 2 heterocycles. The number of carbonyl (C=O) groups is 2. The lowest BCUT2D eigenvalue weighted by Crippen LogP contribution is -2.49. The topological polar surface area (TPSA) is 58.4 Å². The molecule has 1 aromatic heterocycles. The van der Waals surface area contributed by atoms with Gasteiger partial charge in [-0.1, -0.05) is 34.1 Å². The summed E-state index contributed by atoms with van der Waals surface area (Å²) in [4.78, 5) is 28.9. The first kappa shape index (κ1) is 17.3. The number of aromatic nitrogens is 2. The number of carbonyl (C=O) groups excluding carboxylic acids is 2. The molecule has 4 rings (SSSR count). The molecular formula is C19H21BrN4O2. The monoisotopic (exact) mass is 416 g/mol. The van der Waals surface area contributed by atoms with Gasteiger partial charge in [0, 0.05) is 38.1 Å². The smallest absolute Gasteiger partial charge is 0.244 e. The van der Waals surface area contributed by atoms with E-state index in [1.54, 1.807) is 10.9 Å². The minimum absolute atomic E-state index is 0.0559. The van der Waals surface area contributed by atoms with Crippen molar-refractivity contribution in [1.82, 2.24) is 14.7 Å². The van der Waals surface area contributed by atoms with Gasteiger partial charge in [-0.25, -0.2) is 0 Å². The number of nitrogens with zero attached hydrogens (tertiary/aromatic N) is 4. The van der Waals surface area contributed by atoms with Crippen molar-refractivity contribution < 1.29 is 9.59 Å². The van der Waals surface area contributed by atoms with Crippen LogP contribution >= 0.6 is 15.9 Å². The molecule has 1 aliphatic heterocycles. The highest BCUT2D eigenvalue weighted by atomic mass is 79.9. The summed E-state index contributed by atoms with van der Waals surface area (Å²) in [7, 11) is 0. The maximum Gasteiger partial charge on any atom is 0.244 e. The van der Waals surface area contributed by atoms with Gasteiger partial charge in [0.25, 0.3) is 0 Å². The fraction of sp³-hybridized carbons (Fsp3) is 0.421. The van der Waals surface area contributed by atoms with Gasteiger partial charge >= 0.3 is 0 Å². The van der Waals surface area contributed by atoms with E-state index >= 15 is 0 Å². The van der Waals surface area contributed by atoms with Crippen molar-refractivity contribution in [2.24, 2.45) is 0 Å². The first-order valence-electron chi connectivity index (χ1n) is 8.94. The first-order valence-corrected chi connectivity index (χ1v) is 9.86. The molecular weight excluding hydrogens is 396 g/mol. The number of hydrogen-bond donors (Lipinski definition) is 0. The summed E-state index contributed by atoms with van der Waals surface area (Å²) >= 11 is 3.40. The molecule has 7 heteroatoms. The number of halogens is 1. The van der Waals surface area contributed by atoms with Crippen LogP contribution in [0.2, 0.25) is 0 Å². The van der Waals surface area contributed by atoms with Crippen molar-refractivity contribution in [2.45, 2.75) is 24.2 Å². The van der Waals surface area contributed by atoms with Gasteiger partial charge in [0.05, 0.1) is 16.1 Å². The quantitative estimate of drug-likeness (QED) is 0.719. The predicted molar refractivity (Wildman–Crippen MR) is 103 cm³/mol. The summed E-state index contributed by atoms with van der Waals surface area (Å²) in [5.41, 5.74) is 2.66. The third kappa shape index (κ3) is 3.40. The summed E-state index contributed by atoms with van der Waals surface area (Å²) in [6, 6.07) is 10.3. The normalized spacial score (nSPS) is 20.2. The molecule has 2 aliphatic rings. The Labute approximate surface area is 160 Å². The van der Waals surface area contributed by atoms with E-state index in [9.17, 15) is 9.59 Å². The molecule has 2 aromatic rings. The second-order valence-corrected chi connectivity index (χ2v) is 7.87. The van der Waals surface area contributed by atoms with Gasteiger partial charge in [-0.05, 0) is 25.0 Å². The van der Waals surface area contributed by atoms with Crippen LogP contribution in [0.4, 0.5) is 5.69 Å². The number of rotatable bonds is 3. The van der Waals surface area contributed by atoms with Gasteiger partial charge in [0.1, 0.15) is 6.54 Å². The Morgan fingerprint density at radius 2 is 1.88 bits per heavy atom. The van der Waals surface area contributed by atoms with Gasteiger partial charge in [-0.15, -0.1) is 0 Å². The molecule has 26 heavy (non-hydrogen) atoms. The van der Waals surface area contributed by atoms with Crippen molar-refractivity contribution >= 4 is 33.3 Å². The number of aryl methyl sites for hydroxylation is 1. The highest BCUT2D eigenvalue weighted by molar-refractivity contribution is 9.10. The number of anilines is 1. The molecule has 0 saturated carbocycles. The van der Waals surface area contributed by atoms with E-state index in [4.69, 9.17) is 0 Å². The lowest BCUT2D eigenvalue weighted by atomic mass is 9.97. The molecule has 1 aliphatic carbocycles. The molecule has 0 spiro atoms. The zero-order chi connectivity index (χ0) is 18.1. The van der Waals surface area contributed by atoms with Crippen LogP contribution in [0.15, 0.2) is 36.5 Å². The highest BCUT2D eigenvalue weighted by Crippen LogP contribution is 2.24. The molecule has 1 fully saturated rings. The second kappa shape index (κ2) is 7.23. The van der Waals surface area contributed by atoms with E-state index in [0.29, 0.717) is 18.7 Å². The van der Waals surface area contributed by atoms with Crippen molar-refractivity contribution in [3.8, 4) is 0 Å². The maximum absolute atomic E-state index is 12.6. The van der Waals surface area contributed by atoms with E-state index in [1.165, 1.54) is 5.69 Å². The Bertz CT molecular complexity index is 812. The molecule has 1 unspecified atom stereocenters. The summed E-state index contributed by atoms with van der Waals surface area (Å²) < 4.78 is 1.62. The van der Waals surface area contributed by atoms with E-state index in [-0.39, 0.29) is 23.1 Å². The van der Waals surface area contributed by atoms with E-state index in [0.717, 1.165) is 31.6 Å². The number of Topliss-reactive ketones (excluding diaryl/α,β-unsaturated/α-hetero) is 1. The lowest BCUT2D eigenvalue weighted by Gasteiger charge is -2.36. The van der Waals surface area contributed by atoms with Crippen molar-refractivity contribution in [2.75, 3.05) is 31.1 Å². The van der Waals surface area contributed by atoms with Gasteiger partial charge in [-0.2, -0.15) is 5.10 Å². The number of amides is 1. The van der Waals surface area contributed by atoms with E-state index < -0.39 is 0 Å². The van der Waals surface area contributed by atoms with Gasteiger partial charge in [0.15, 0.2) is 5.78 Å². The van der Waals surface area contributed by atoms with E-state index in [1.807, 2.05) is 23.1 Å². The SMILES string of the molecule is O=C1c2cn(CC(=O)N3CCN(c4ccccc4)CC3)nc2CCC1Br. The van der Waals surface area contributed by atoms with Crippen LogP contribution in [-0.4, -0.2) is 57.4 Å². The second-order valence-electron chi connectivity index (χ2n) is 6.76. The maximum atomic E-state index is 12.6. The number of ketones is 1. The van der Waals surface area contributed by atoms with Crippen LogP contribution in [0.1, 0.15) is 22.5 Å². The fourth-order valence-electron chi connectivity index (χ4n) is 3.59. The summed E-state index contributed by atoms with van der Waals surface area (Å²) in [6.07, 6.45) is 3.26. The van der Waals surface area contributed by atoms with Crippen LogP contribution in [-0.2, 0) is 17.8 Å². The Balaban J connectivity index is 1.36. The minimum atomic E-state index is -0.130. The minimum Gasteiger partial charge on any atom is -0.368 e. The molecule has 1 saturated heterocycles.